The molecule has 0 saturated heterocycles. The van der Waals surface area contributed by atoms with Gasteiger partial charge in [-0.2, -0.15) is 0 Å². The zero-order valence-corrected chi connectivity index (χ0v) is 11.9. The van der Waals surface area contributed by atoms with Crippen LogP contribution in [0.15, 0.2) is 18.2 Å². The van der Waals surface area contributed by atoms with Gasteiger partial charge in [-0.3, -0.25) is 0 Å². The fraction of sp³-hybridized carbons (Fsp3) is 0.562. The van der Waals surface area contributed by atoms with E-state index in [0.29, 0.717) is 12.0 Å². The van der Waals surface area contributed by atoms with Crippen molar-refractivity contribution in [3.8, 4) is 0 Å². The van der Waals surface area contributed by atoms with Crippen LogP contribution in [0, 0.1) is 12.8 Å². The van der Waals surface area contributed by atoms with E-state index in [9.17, 15) is 0 Å². The quantitative estimate of drug-likeness (QED) is 0.881. The number of nitrogens with zero attached hydrogens (tertiary/aromatic N) is 2. The van der Waals surface area contributed by atoms with Crippen molar-refractivity contribution in [2.75, 3.05) is 5.73 Å². The lowest BCUT2D eigenvalue weighted by molar-refractivity contribution is 0.269. The first-order chi connectivity index (χ1) is 9.18. The molecular weight excluding hydrogens is 234 g/mol. The zero-order valence-electron chi connectivity index (χ0n) is 11.9. The molecule has 2 N–H and O–H groups in total. The second-order valence-electron chi connectivity index (χ2n) is 5.92. The maximum absolute atomic E-state index is 6.18. The van der Waals surface area contributed by atoms with E-state index in [1.165, 1.54) is 43.2 Å². The Bertz CT molecular complexity index is 579. The van der Waals surface area contributed by atoms with Crippen LogP contribution in [0.1, 0.15) is 50.6 Å². The molecule has 1 aromatic carbocycles. The molecular formula is C16H23N3. The fourth-order valence-electron chi connectivity index (χ4n) is 3.53. The summed E-state index contributed by atoms with van der Waals surface area (Å²) in [5.41, 5.74) is 9.64. The number of benzene rings is 1. The summed E-state index contributed by atoms with van der Waals surface area (Å²) >= 11 is 0. The standard InChI is InChI=1S/C16H23N3/c1-11-7-6-10-14-15(11)18-16(17)19(14)12(2)13-8-4-3-5-9-13/h6-7,10,12-13H,3-5,8-9H2,1-2H3,(H2,17,18). The topological polar surface area (TPSA) is 43.8 Å². The van der Waals surface area contributed by atoms with Crippen LogP contribution >= 0.6 is 0 Å². The molecule has 1 aliphatic rings. The van der Waals surface area contributed by atoms with Crippen LogP contribution in [0.3, 0.4) is 0 Å². The largest absolute Gasteiger partial charge is 0.369 e. The number of aryl methyl sites for hydroxylation is 1. The summed E-state index contributed by atoms with van der Waals surface area (Å²) < 4.78 is 2.25. The van der Waals surface area contributed by atoms with Gasteiger partial charge in [0.25, 0.3) is 0 Å². The van der Waals surface area contributed by atoms with Crippen LogP contribution in [0.4, 0.5) is 5.95 Å². The average Bonchev–Trinajstić information content (AvgIpc) is 2.77. The Kier molecular flexibility index (Phi) is 3.21. The van der Waals surface area contributed by atoms with Crippen molar-refractivity contribution < 1.29 is 0 Å². The highest BCUT2D eigenvalue weighted by atomic mass is 15.2. The molecule has 1 fully saturated rings. The van der Waals surface area contributed by atoms with Gasteiger partial charge in [0.1, 0.15) is 0 Å². The monoisotopic (exact) mass is 257 g/mol. The Morgan fingerprint density at radius 3 is 2.74 bits per heavy atom. The number of nitrogens with two attached hydrogens (primary N) is 1. The van der Waals surface area contributed by atoms with E-state index in [0.717, 1.165) is 11.4 Å². The summed E-state index contributed by atoms with van der Waals surface area (Å²) in [5.74, 6) is 1.41. The van der Waals surface area contributed by atoms with Crippen molar-refractivity contribution in [1.29, 1.82) is 0 Å². The Hall–Kier alpha value is -1.51. The molecule has 0 radical (unpaired) electrons. The van der Waals surface area contributed by atoms with E-state index in [1.807, 2.05) is 0 Å². The van der Waals surface area contributed by atoms with E-state index in [1.54, 1.807) is 0 Å². The van der Waals surface area contributed by atoms with E-state index >= 15 is 0 Å². The summed E-state index contributed by atoms with van der Waals surface area (Å²) in [7, 11) is 0. The molecule has 2 aromatic rings. The molecule has 1 atom stereocenters. The number of hydrogen-bond acceptors (Lipinski definition) is 2. The van der Waals surface area contributed by atoms with Gasteiger partial charge in [-0.05, 0) is 44.2 Å². The molecule has 3 heteroatoms. The highest BCUT2D eigenvalue weighted by Crippen LogP contribution is 2.36. The molecule has 0 bridgehead atoms. The Labute approximate surface area is 114 Å². The highest BCUT2D eigenvalue weighted by molar-refractivity contribution is 5.81. The third-order valence-corrected chi connectivity index (χ3v) is 4.69. The smallest absolute Gasteiger partial charge is 0.201 e. The minimum atomic E-state index is 0.451. The summed E-state index contributed by atoms with van der Waals surface area (Å²) in [4.78, 5) is 4.57. The van der Waals surface area contributed by atoms with Gasteiger partial charge >= 0.3 is 0 Å². The predicted octanol–water partition coefficient (Wildman–Crippen LogP) is 4.07. The lowest BCUT2D eigenvalue weighted by atomic mass is 9.84. The minimum Gasteiger partial charge on any atom is -0.369 e. The Morgan fingerprint density at radius 1 is 1.26 bits per heavy atom. The van der Waals surface area contributed by atoms with E-state index in [-0.39, 0.29) is 0 Å². The van der Waals surface area contributed by atoms with Gasteiger partial charge in [0.05, 0.1) is 11.0 Å². The maximum Gasteiger partial charge on any atom is 0.201 e. The number of rotatable bonds is 2. The summed E-state index contributed by atoms with van der Waals surface area (Å²) in [6, 6.07) is 6.80. The molecule has 0 amide bonds. The molecule has 1 heterocycles. The number of nitrogen functional groups attached to an aromatic ring is 1. The lowest BCUT2D eigenvalue weighted by Gasteiger charge is -2.29. The van der Waals surface area contributed by atoms with Gasteiger partial charge in [0.15, 0.2) is 0 Å². The van der Waals surface area contributed by atoms with Gasteiger partial charge < -0.3 is 10.3 Å². The third kappa shape index (κ3) is 2.11. The summed E-state index contributed by atoms with van der Waals surface area (Å²) in [6.45, 7) is 4.40. The number of imidazole rings is 1. The van der Waals surface area contributed by atoms with E-state index < -0.39 is 0 Å². The van der Waals surface area contributed by atoms with Crippen LogP contribution in [-0.4, -0.2) is 9.55 Å². The van der Waals surface area contributed by atoms with Crippen LogP contribution in [0.2, 0.25) is 0 Å². The molecule has 19 heavy (non-hydrogen) atoms. The predicted molar refractivity (Wildman–Crippen MR) is 80.2 cm³/mol. The van der Waals surface area contributed by atoms with Crippen LogP contribution in [0.25, 0.3) is 11.0 Å². The second kappa shape index (κ2) is 4.87. The average molecular weight is 257 g/mol. The van der Waals surface area contributed by atoms with Crippen molar-refractivity contribution >= 4 is 17.0 Å². The van der Waals surface area contributed by atoms with Crippen molar-refractivity contribution in [3.05, 3.63) is 23.8 Å². The molecule has 102 valence electrons. The number of anilines is 1. The normalized spacial score (nSPS) is 18.8. The molecule has 3 rings (SSSR count). The van der Waals surface area contributed by atoms with Crippen molar-refractivity contribution in [1.82, 2.24) is 9.55 Å². The Morgan fingerprint density at radius 2 is 2.00 bits per heavy atom. The van der Waals surface area contributed by atoms with Gasteiger partial charge in [0, 0.05) is 6.04 Å². The molecule has 1 aromatic heterocycles. The number of fused-ring (bicyclic) bond motifs is 1. The van der Waals surface area contributed by atoms with Gasteiger partial charge in [0.2, 0.25) is 5.95 Å². The number of aromatic nitrogens is 2. The van der Waals surface area contributed by atoms with Crippen molar-refractivity contribution in [3.63, 3.8) is 0 Å². The summed E-state index contributed by atoms with van der Waals surface area (Å²) in [6.07, 6.45) is 6.77. The maximum atomic E-state index is 6.18. The van der Waals surface area contributed by atoms with Crippen molar-refractivity contribution in [2.24, 2.45) is 5.92 Å². The third-order valence-electron chi connectivity index (χ3n) is 4.69. The van der Waals surface area contributed by atoms with Crippen LogP contribution < -0.4 is 5.73 Å². The molecule has 1 aliphatic carbocycles. The molecule has 1 unspecified atom stereocenters. The lowest BCUT2D eigenvalue weighted by Crippen LogP contribution is -2.20. The van der Waals surface area contributed by atoms with Gasteiger partial charge in [-0.15, -0.1) is 0 Å². The number of para-hydroxylation sites is 1. The first kappa shape index (κ1) is 12.5. The number of hydrogen-bond donors (Lipinski definition) is 1. The first-order valence-electron chi connectivity index (χ1n) is 7.41. The van der Waals surface area contributed by atoms with Crippen molar-refractivity contribution in [2.45, 2.75) is 52.0 Å². The molecule has 0 spiro atoms. The van der Waals surface area contributed by atoms with Gasteiger partial charge in [-0.25, -0.2) is 4.98 Å². The van der Waals surface area contributed by atoms with Gasteiger partial charge in [-0.1, -0.05) is 31.4 Å². The SMILES string of the molecule is Cc1cccc2c1nc(N)n2C(C)C1CCCCC1. The molecule has 3 nitrogen and oxygen atoms in total. The fourth-order valence-corrected chi connectivity index (χ4v) is 3.53. The second-order valence-corrected chi connectivity index (χ2v) is 5.92. The Balaban J connectivity index is 2.03. The van der Waals surface area contributed by atoms with E-state index in [4.69, 9.17) is 5.73 Å². The minimum absolute atomic E-state index is 0.451. The zero-order chi connectivity index (χ0) is 13.4. The summed E-state index contributed by atoms with van der Waals surface area (Å²) in [5, 5.41) is 0. The van der Waals surface area contributed by atoms with Crippen LogP contribution in [-0.2, 0) is 0 Å². The molecule has 1 saturated carbocycles. The highest BCUT2D eigenvalue weighted by Gasteiger charge is 2.24. The van der Waals surface area contributed by atoms with E-state index in [2.05, 4.69) is 41.6 Å². The molecule has 0 aliphatic heterocycles. The first-order valence-corrected chi connectivity index (χ1v) is 7.41. The van der Waals surface area contributed by atoms with Crippen LogP contribution in [0.5, 0.6) is 0 Å².